The molecule has 9 heteroatoms. The lowest BCUT2D eigenvalue weighted by Gasteiger charge is -2.33. The molecule has 202 valence electrons. The molecule has 0 spiro atoms. The summed E-state index contributed by atoms with van der Waals surface area (Å²) in [6.07, 6.45) is 3.52. The number of hydrogen-bond donors (Lipinski definition) is 1. The van der Waals surface area contributed by atoms with E-state index >= 15 is 0 Å². The second-order valence-corrected chi connectivity index (χ2v) is 10.1. The third-order valence-electron chi connectivity index (χ3n) is 7.68. The molecule has 9 nitrogen and oxygen atoms in total. The minimum absolute atomic E-state index is 0.0697. The van der Waals surface area contributed by atoms with Crippen LogP contribution in [0.25, 0.3) is 10.9 Å². The van der Waals surface area contributed by atoms with E-state index in [-0.39, 0.29) is 11.9 Å². The summed E-state index contributed by atoms with van der Waals surface area (Å²) in [5, 5.41) is 4.64. The standard InChI is InChI=1S/C29H37N5O4/c1-36-25-17-23-24(18-26(25)37-2)31-29(34-15-9-21(10-16-34)28(35)38-3)32-27(23)30-22-11-13-33(14-12-22)19-20-7-5-4-6-8-20/h4-8,17-18,21-22H,9-16,19H2,1-3H3,(H,30,31,32). The number of nitrogens with one attached hydrogen (secondary N) is 1. The fourth-order valence-electron chi connectivity index (χ4n) is 5.45. The third-order valence-corrected chi connectivity index (χ3v) is 7.68. The fourth-order valence-corrected chi connectivity index (χ4v) is 5.45. The minimum atomic E-state index is -0.137. The zero-order chi connectivity index (χ0) is 26.5. The number of anilines is 2. The number of ether oxygens (including phenoxy) is 3. The van der Waals surface area contributed by atoms with Crippen molar-refractivity contribution in [3.63, 3.8) is 0 Å². The van der Waals surface area contributed by atoms with Crippen LogP contribution in [0.2, 0.25) is 0 Å². The maximum absolute atomic E-state index is 12.0. The lowest BCUT2D eigenvalue weighted by Crippen LogP contribution is -2.39. The van der Waals surface area contributed by atoms with Crippen molar-refractivity contribution >= 4 is 28.6 Å². The van der Waals surface area contributed by atoms with Crippen molar-refractivity contribution in [2.45, 2.75) is 38.3 Å². The van der Waals surface area contributed by atoms with Crippen LogP contribution in [0.4, 0.5) is 11.8 Å². The van der Waals surface area contributed by atoms with Gasteiger partial charge in [0.2, 0.25) is 5.95 Å². The van der Waals surface area contributed by atoms with Gasteiger partial charge >= 0.3 is 5.97 Å². The molecule has 2 aliphatic heterocycles. The van der Waals surface area contributed by atoms with Gasteiger partial charge in [-0.1, -0.05) is 30.3 Å². The lowest BCUT2D eigenvalue weighted by atomic mass is 9.97. The molecule has 0 unspecified atom stereocenters. The predicted molar refractivity (Wildman–Crippen MR) is 148 cm³/mol. The number of aromatic nitrogens is 2. The molecule has 5 rings (SSSR count). The molecule has 0 atom stereocenters. The molecule has 2 aliphatic rings. The van der Waals surface area contributed by atoms with Crippen LogP contribution in [0, 0.1) is 5.92 Å². The highest BCUT2D eigenvalue weighted by atomic mass is 16.5. The van der Waals surface area contributed by atoms with Crippen LogP contribution in [0.5, 0.6) is 11.5 Å². The van der Waals surface area contributed by atoms with E-state index < -0.39 is 0 Å². The van der Waals surface area contributed by atoms with E-state index in [1.54, 1.807) is 14.2 Å². The second kappa shape index (κ2) is 11.9. The summed E-state index contributed by atoms with van der Waals surface area (Å²) in [6.45, 7) is 4.44. The molecule has 0 saturated carbocycles. The lowest BCUT2D eigenvalue weighted by molar-refractivity contribution is -0.146. The van der Waals surface area contributed by atoms with Crippen molar-refractivity contribution in [3.8, 4) is 11.5 Å². The average molecular weight is 520 g/mol. The summed E-state index contributed by atoms with van der Waals surface area (Å²) in [4.78, 5) is 26.6. The first kappa shape index (κ1) is 26.0. The van der Waals surface area contributed by atoms with Gasteiger partial charge in [0.1, 0.15) is 5.82 Å². The number of piperidine rings is 2. The fraction of sp³-hybridized carbons (Fsp3) is 0.483. The molecular formula is C29H37N5O4. The maximum Gasteiger partial charge on any atom is 0.308 e. The van der Waals surface area contributed by atoms with E-state index in [0.29, 0.717) is 36.6 Å². The van der Waals surface area contributed by atoms with Gasteiger partial charge in [-0.2, -0.15) is 4.98 Å². The number of esters is 1. The Hall–Kier alpha value is -3.59. The van der Waals surface area contributed by atoms with Gasteiger partial charge < -0.3 is 24.4 Å². The maximum atomic E-state index is 12.0. The largest absolute Gasteiger partial charge is 0.493 e. The third kappa shape index (κ3) is 5.78. The second-order valence-electron chi connectivity index (χ2n) is 10.1. The minimum Gasteiger partial charge on any atom is -0.493 e. The van der Waals surface area contributed by atoms with Crippen molar-refractivity contribution < 1.29 is 19.0 Å². The Morgan fingerprint density at radius 3 is 2.26 bits per heavy atom. The zero-order valence-corrected chi connectivity index (χ0v) is 22.5. The Kier molecular flexibility index (Phi) is 8.12. The molecule has 1 N–H and O–H groups in total. The summed E-state index contributed by atoms with van der Waals surface area (Å²) in [5.41, 5.74) is 2.15. The molecule has 2 fully saturated rings. The number of carbonyl (C=O) groups excluding carboxylic acids is 1. The number of methoxy groups -OCH3 is 3. The molecule has 0 amide bonds. The zero-order valence-electron chi connectivity index (χ0n) is 22.5. The Bertz CT molecular complexity index is 1240. The quantitative estimate of drug-likeness (QED) is 0.442. The van der Waals surface area contributed by atoms with Crippen LogP contribution >= 0.6 is 0 Å². The van der Waals surface area contributed by atoms with E-state index in [1.165, 1.54) is 12.7 Å². The van der Waals surface area contributed by atoms with Crippen LogP contribution in [0.3, 0.4) is 0 Å². The number of hydrogen-bond acceptors (Lipinski definition) is 9. The number of fused-ring (bicyclic) bond motifs is 1. The topological polar surface area (TPSA) is 89.1 Å². The van der Waals surface area contributed by atoms with E-state index in [1.807, 2.05) is 12.1 Å². The van der Waals surface area contributed by atoms with E-state index in [9.17, 15) is 4.79 Å². The van der Waals surface area contributed by atoms with Gasteiger partial charge in [-0.05, 0) is 37.3 Å². The van der Waals surface area contributed by atoms with Crippen LogP contribution in [0.1, 0.15) is 31.2 Å². The SMILES string of the molecule is COC(=O)C1CCN(c2nc(NC3CCN(Cc4ccccc4)CC3)c3cc(OC)c(OC)cc3n2)CC1. The number of benzene rings is 2. The van der Waals surface area contributed by atoms with Gasteiger partial charge in [0.15, 0.2) is 11.5 Å². The Balaban J connectivity index is 1.36. The number of rotatable bonds is 8. The van der Waals surface area contributed by atoms with Gasteiger partial charge in [-0.25, -0.2) is 4.98 Å². The highest BCUT2D eigenvalue weighted by Gasteiger charge is 2.28. The van der Waals surface area contributed by atoms with Crippen LogP contribution in [0.15, 0.2) is 42.5 Å². The van der Waals surface area contributed by atoms with Gasteiger partial charge in [0.25, 0.3) is 0 Å². The van der Waals surface area contributed by atoms with E-state index in [0.717, 1.165) is 62.0 Å². The smallest absolute Gasteiger partial charge is 0.308 e. The van der Waals surface area contributed by atoms with Gasteiger partial charge in [-0.3, -0.25) is 9.69 Å². The van der Waals surface area contributed by atoms with Crippen molar-refractivity contribution in [1.29, 1.82) is 0 Å². The molecule has 3 heterocycles. The first-order valence-corrected chi connectivity index (χ1v) is 13.4. The first-order valence-electron chi connectivity index (χ1n) is 13.4. The van der Waals surface area contributed by atoms with Crippen molar-refractivity contribution in [1.82, 2.24) is 14.9 Å². The summed E-state index contributed by atoms with van der Waals surface area (Å²) in [7, 11) is 4.72. The Labute approximate surface area is 224 Å². The van der Waals surface area contributed by atoms with Crippen molar-refractivity contribution in [2.24, 2.45) is 5.92 Å². The number of carbonyl (C=O) groups is 1. The van der Waals surface area contributed by atoms with Gasteiger partial charge in [-0.15, -0.1) is 0 Å². The molecule has 1 aromatic heterocycles. The van der Waals surface area contributed by atoms with E-state index in [4.69, 9.17) is 24.2 Å². The summed E-state index contributed by atoms with van der Waals surface area (Å²) >= 11 is 0. The molecule has 3 aromatic rings. The number of nitrogens with zero attached hydrogens (tertiary/aromatic N) is 4. The molecule has 0 radical (unpaired) electrons. The van der Waals surface area contributed by atoms with Crippen molar-refractivity contribution in [2.75, 3.05) is 57.7 Å². The average Bonchev–Trinajstić information content (AvgIpc) is 2.97. The van der Waals surface area contributed by atoms with Gasteiger partial charge in [0, 0.05) is 50.2 Å². The predicted octanol–water partition coefficient (Wildman–Crippen LogP) is 4.11. The van der Waals surface area contributed by atoms with Crippen LogP contribution in [-0.2, 0) is 16.1 Å². The first-order chi connectivity index (χ1) is 18.6. The highest BCUT2D eigenvalue weighted by molar-refractivity contribution is 5.93. The Morgan fingerprint density at radius 2 is 1.61 bits per heavy atom. The van der Waals surface area contributed by atoms with Crippen LogP contribution < -0.4 is 19.7 Å². The normalized spacial score (nSPS) is 17.4. The molecule has 0 aliphatic carbocycles. The van der Waals surface area contributed by atoms with Crippen LogP contribution in [-0.4, -0.2) is 74.4 Å². The molecular weight excluding hydrogens is 482 g/mol. The molecule has 38 heavy (non-hydrogen) atoms. The monoisotopic (exact) mass is 519 g/mol. The van der Waals surface area contributed by atoms with E-state index in [2.05, 4.69) is 45.4 Å². The molecule has 2 saturated heterocycles. The summed E-state index contributed by atoms with van der Waals surface area (Å²) in [5.74, 6) is 2.55. The Morgan fingerprint density at radius 1 is 0.921 bits per heavy atom. The number of likely N-dealkylation sites (tertiary alicyclic amines) is 1. The van der Waals surface area contributed by atoms with Gasteiger partial charge in [0.05, 0.1) is 32.8 Å². The summed E-state index contributed by atoms with van der Waals surface area (Å²) in [6, 6.07) is 14.8. The molecule has 2 aromatic carbocycles. The molecule has 0 bridgehead atoms. The highest BCUT2D eigenvalue weighted by Crippen LogP contribution is 2.36. The summed E-state index contributed by atoms with van der Waals surface area (Å²) < 4.78 is 16.1. The van der Waals surface area contributed by atoms with Crippen molar-refractivity contribution in [3.05, 3.63) is 48.0 Å².